The molecule has 1 aliphatic heterocycles. The van der Waals surface area contributed by atoms with Crippen LogP contribution in [0.2, 0.25) is 0 Å². The Labute approximate surface area is 125 Å². The maximum absolute atomic E-state index is 9.26. The number of furan rings is 3. The highest BCUT2D eigenvalue weighted by atomic mass is 16.4. The second kappa shape index (κ2) is 4.96. The van der Waals surface area contributed by atoms with E-state index < -0.39 is 0 Å². The third-order valence-electron chi connectivity index (χ3n) is 3.29. The van der Waals surface area contributed by atoms with Crippen molar-refractivity contribution in [2.45, 2.75) is 0 Å². The van der Waals surface area contributed by atoms with Crippen LogP contribution in [0.25, 0.3) is 24.3 Å². The van der Waals surface area contributed by atoms with Gasteiger partial charge >= 0.3 is 0 Å². The first-order valence-electron chi connectivity index (χ1n) is 6.70. The molecule has 0 fully saturated rings. The van der Waals surface area contributed by atoms with Gasteiger partial charge in [-0.3, -0.25) is 0 Å². The summed E-state index contributed by atoms with van der Waals surface area (Å²) in [4.78, 5) is 0. The predicted octanol–water partition coefficient (Wildman–Crippen LogP) is 4.35. The summed E-state index contributed by atoms with van der Waals surface area (Å²) in [7, 11) is 0. The number of nitrogens with zero attached hydrogens (tertiary/aromatic N) is 1. The summed E-state index contributed by atoms with van der Waals surface area (Å²) in [5.41, 5.74) is 0.244. The molecule has 1 aliphatic rings. The lowest BCUT2D eigenvalue weighted by Gasteiger charge is -1.97. The van der Waals surface area contributed by atoms with Gasteiger partial charge in [0.15, 0.2) is 17.2 Å². The van der Waals surface area contributed by atoms with E-state index in [0.717, 1.165) is 0 Å². The van der Waals surface area contributed by atoms with E-state index in [1.54, 1.807) is 36.4 Å². The van der Waals surface area contributed by atoms with Gasteiger partial charge in [-0.05, 0) is 60.7 Å². The van der Waals surface area contributed by atoms with E-state index in [1.807, 2.05) is 24.3 Å². The number of hydrogen-bond donors (Lipinski definition) is 1. The van der Waals surface area contributed by atoms with Crippen LogP contribution in [-0.2, 0) is 0 Å². The summed E-state index contributed by atoms with van der Waals surface area (Å²) in [6.07, 6.45) is 7.19. The maximum Gasteiger partial charge on any atom is 0.187 e. The van der Waals surface area contributed by atoms with Crippen molar-refractivity contribution in [1.29, 1.82) is 0 Å². The van der Waals surface area contributed by atoms with Gasteiger partial charge < -0.3 is 18.5 Å². The zero-order valence-corrected chi connectivity index (χ0v) is 11.4. The van der Waals surface area contributed by atoms with Crippen LogP contribution in [0, 0.1) is 0 Å². The minimum atomic E-state index is 0.244. The van der Waals surface area contributed by atoms with E-state index >= 15 is 0 Å². The lowest BCUT2D eigenvalue weighted by atomic mass is 10.2. The Bertz CT molecular complexity index is 836. The molecule has 0 radical (unpaired) electrons. The van der Waals surface area contributed by atoms with Crippen LogP contribution in [0.15, 0.2) is 54.8 Å². The molecule has 0 aliphatic carbocycles. The lowest BCUT2D eigenvalue weighted by Crippen LogP contribution is -1.99. The average molecular weight is 293 g/mol. The summed E-state index contributed by atoms with van der Waals surface area (Å²) in [5.74, 6) is 3.51. The molecule has 0 unspecified atom stereocenters. The maximum atomic E-state index is 9.26. The van der Waals surface area contributed by atoms with E-state index in [2.05, 4.69) is 5.16 Å². The molecule has 3 aromatic heterocycles. The van der Waals surface area contributed by atoms with E-state index in [4.69, 9.17) is 13.3 Å². The smallest absolute Gasteiger partial charge is 0.187 e. The molecule has 22 heavy (non-hydrogen) atoms. The predicted molar refractivity (Wildman–Crippen MR) is 81.4 cm³/mol. The zero-order valence-electron chi connectivity index (χ0n) is 11.4. The van der Waals surface area contributed by atoms with E-state index in [-0.39, 0.29) is 5.71 Å². The molecule has 0 saturated heterocycles. The first-order valence-corrected chi connectivity index (χ1v) is 6.70. The van der Waals surface area contributed by atoms with Gasteiger partial charge in [0.25, 0.3) is 0 Å². The second-order valence-corrected chi connectivity index (χ2v) is 4.76. The monoisotopic (exact) mass is 293 g/mol. The summed E-state index contributed by atoms with van der Waals surface area (Å²) < 4.78 is 16.9. The Kier molecular flexibility index (Phi) is 2.83. The number of fused-ring (bicyclic) bond motifs is 6. The number of oxime groups is 1. The lowest BCUT2D eigenvalue weighted by molar-refractivity contribution is 0.316. The molecule has 0 spiro atoms. The fourth-order valence-corrected chi connectivity index (χ4v) is 2.24. The average Bonchev–Trinajstić information content (AvgIpc) is 3.24. The van der Waals surface area contributed by atoms with Gasteiger partial charge in [0.05, 0.1) is 0 Å². The second-order valence-electron chi connectivity index (χ2n) is 4.76. The molecule has 1 N–H and O–H groups in total. The molecule has 108 valence electrons. The van der Waals surface area contributed by atoms with Crippen LogP contribution in [0.4, 0.5) is 0 Å². The Morgan fingerprint density at radius 2 is 1.00 bits per heavy atom. The van der Waals surface area contributed by atoms with Gasteiger partial charge in [-0.1, -0.05) is 5.16 Å². The molecule has 5 nitrogen and oxygen atoms in total. The third-order valence-corrected chi connectivity index (χ3v) is 3.29. The normalized spacial score (nSPS) is 16.1. The topological polar surface area (TPSA) is 72.0 Å². The summed E-state index contributed by atoms with van der Waals surface area (Å²) in [6.45, 7) is 0. The molecule has 0 saturated carbocycles. The van der Waals surface area contributed by atoms with E-state index in [0.29, 0.717) is 34.6 Å². The molecule has 0 atom stereocenters. The highest BCUT2D eigenvalue weighted by Crippen LogP contribution is 2.21. The molecule has 4 rings (SSSR count). The van der Waals surface area contributed by atoms with Crippen LogP contribution in [-0.4, -0.2) is 10.9 Å². The first kappa shape index (κ1) is 12.5. The van der Waals surface area contributed by atoms with Crippen molar-refractivity contribution >= 4 is 30.0 Å². The standard InChI is InChI=1S/C17H11NO4/c19-18-17-15-9-7-13(21-15)5-3-11-1-2-12(20-11)4-6-14-8-10-16(17)22-14/h1-10,19H/b5-3-,6-4-. The summed E-state index contributed by atoms with van der Waals surface area (Å²) in [6, 6.07) is 10.7. The van der Waals surface area contributed by atoms with Crippen LogP contribution < -0.4 is 0 Å². The fourth-order valence-electron chi connectivity index (χ4n) is 2.24. The van der Waals surface area contributed by atoms with Crippen molar-refractivity contribution in [1.82, 2.24) is 0 Å². The zero-order chi connectivity index (χ0) is 14.9. The van der Waals surface area contributed by atoms with Crippen molar-refractivity contribution < 1.29 is 18.5 Å². The highest BCUT2D eigenvalue weighted by Gasteiger charge is 2.16. The van der Waals surface area contributed by atoms with Crippen molar-refractivity contribution in [3.05, 3.63) is 71.0 Å². The van der Waals surface area contributed by atoms with Gasteiger partial charge in [-0.15, -0.1) is 0 Å². The molecule has 6 bridgehead atoms. The molecule has 5 heteroatoms. The minimum absolute atomic E-state index is 0.244. The van der Waals surface area contributed by atoms with E-state index in [1.165, 1.54) is 0 Å². The number of hydrogen-bond acceptors (Lipinski definition) is 5. The van der Waals surface area contributed by atoms with Gasteiger partial charge in [0.1, 0.15) is 23.0 Å². The Morgan fingerprint density at radius 3 is 1.45 bits per heavy atom. The third kappa shape index (κ3) is 2.18. The molecule has 0 aromatic carbocycles. The van der Waals surface area contributed by atoms with Crippen molar-refractivity contribution in [2.75, 3.05) is 0 Å². The van der Waals surface area contributed by atoms with Crippen molar-refractivity contribution in [2.24, 2.45) is 5.16 Å². The van der Waals surface area contributed by atoms with E-state index in [9.17, 15) is 5.21 Å². The number of rotatable bonds is 0. The SMILES string of the molecule is ON=C1c2ccc(o2)/C=C\c2ccc(o2)/C=C\c2ccc1o2. The molecular formula is C17H11NO4. The van der Waals surface area contributed by atoms with Gasteiger partial charge in [-0.25, -0.2) is 0 Å². The Balaban J connectivity index is 1.89. The van der Waals surface area contributed by atoms with Crippen LogP contribution in [0.1, 0.15) is 34.6 Å². The molecular weight excluding hydrogens is 282 g/mol. The summed E-state index contributed by atoms with van der Waals surface area (Å²) in [5, 5.41) is 12.5. The van der Waals surface area contributed by atoms with Gasteiger partial charge in [0.2, 0.25) is 0 Å². The van der Waals surface area contributed by atoms with Crippen LogP contribution >= 0.6 is 0 Å². The van der Waals surface area contributed by atoms with Crippen molar-refractivity contribution in [3.8, 4) is 0 Å². The van der Waals surface area contributed by atoms with Crippen molar-refractivity contribution in [3.63, 3.8) is 0 Å². The first-order chi connectivity index (χ1) is 10.8. The van der Waals surface area contributed by atoms with Gasteiger partial charge in [-0.2, -0.15) is 0 Å². The van der Waals surface area contributed by atoms with Gasteiger partial charge in [0, 0.05) is 0 Å². The fraction of sp³-hybridized carbons (Fsp3) is 0. The van der Waals surface area contributed by atoms with Crippen LogP contribution in [0.5, 0.6) is 0 Å². The Morgan fingerprint density at radius 1 is 0.591 bits per heavy atom. The molecule has 4 heterocycles. The Hall–Kier alpha value is -3.21. The highest BCUT2D eigenvalue weighted by molar-refractivity contribution is 6.09. The van der Waals surface area contributed by atoms with Crippen LogP contribution in [0.3, 0.4) is 0 Å². The minimum Gasteiger partial charge on any atom is -0.457 e. The molecule has 0 amide bonds. The summed E-state index contributed by atoms with van der Waals surface area (Å²) >= 11 is 0. The quantitative estimate of drug-likeness (QED) is 0.386. The molecule has 3 aromatic rings. The largest absolute Gasteiger partial charge is 0.457 e.